The van der Waals surface area contributed by atoms with Crippen LogP contribution in [0.25, 0.3) is 0 Å². The Morgan fingerprint density at radius 2 is 2.35 bits per heavy atom. The first kappa shape index (κ1) is 12.3. The second kappa shape index (κ2) is 5.47. The van der Waals surface area contributed by atoms with E-state index < -0.39 is 0 Å². The van der Waals surface area contributed by atoms with Gasteiger partial charge in [0.1, 0.15) is 0 Å². The van der Waals surface area contributed by atoms with E-state index in [-0.39, 0.29) is 5.82 Å². The van der Waals surface area contributed by atoms with E-state index in [1.54, 1.807) is 12.1 Å². The molecule has 2 rings (SSSR count). The summed E-state index contributed by atoms with van der Waals surface area (Å²) in [6.45, 7) is 1.70. The summed E-state index contributed by atoms with van der Waals surface area (Å²) in [6.07, 6.45) is 1.93. The molecule has 0 bridgehead atoms. The molecule has 4 heteroatoms. The fourth-order valence-electron chi connectivity index (χ4n) is 2.43. The zero-order valence-electron chi connectivity index (χ0n) is 10.1. The van der Waals surface area contributed by atoms with Crippen LogP contribution in [-0.2, 0) is 6.42 Å². The molecular formula is C13H19FN2O. The molecule has 1 aromatic rings. The van der Waals surface area contributed by atoms with Crippen LogP contribution >= 0.6 is 0 Å². The van der Waals surface area contributed by atoms with Gasteiger partial charge in [0.15, 0.2) is 11.6 Å². The standard InChI is InChI=1S/C13H19FN2O/c1-17-13-3-2-9(6-11(13)14)7-12-10(8-15)4-5-16-12/h2-3,6,10,12,16H,4-5,7-8,15H2,1H3. The summed E-state index contributed by atoms with van der Waals surface area (Å²) in [4.78, 5) is 0. The third kappa shape index (κ3) is 2.76. The van der Waals surface area contributed by atoms with Crippen LogP contribution in [0, 0.1) is 11.7 Å². The van der Waals surface area contributed by atoms with Gasteiger partial charge in [0.25, 0.3) is 0 Å². The van der Waals surface area contributed by atoms with Crippen molar-refractivity contribution in [2.75, 3.05) is 20.2 Å². The highest BCUT2D eigenvalue weighted by molar-refractivity contribution is 5.29. The van der Waals surface area contributed by atoms with Gasteiger partial charge in [-0.15, -0.1) is 0 Å². The van der Waals surface area contributed by atoms with Gasteiger partial charge in [-0.25, -0.2) is 4.39 Å². The zero-order valence-corrected chi connectivity index (χ0v) is 10.1. The van der Waals surface area contributed by atoms with Gasteiger partial charge in [-0.1, -0.05) is 6.07 Å². The van der Waals surface area contributed by atoms with E-state index in [0.717, 1.165) is 24.9 Å². The molecule has 2 atom stereocenters. The van der Waals surface area contributed by atoms with Gasteiger partial charge in [-0.2, -0.15) is 0 Å². The van der Waals surface area contributed by atoms with Crippen LogP contribution < -0.4 is 15.8 Å². The number of hydrogen-bond acceptors (Lipinski definition) is 3. The molecule has 1 saturated heterocycles. The van der Waals surface area contributed by atoms with Crippen LogP contribution in [0.3, 0.4) is 0 Å². The van der Waals surface area contributed by atoms with Crippen LogP contribution in [0.5, 0.6) is 5.75 Å². The Balaban J connectivity index is 2.05. The largest absolute Gasteiger partial charge is 0.494 e. The van der Waals surface area contributed by atoms with E-state index in [1.807, 2.05) is 6.07 Å². The topological polar surface area (TPSA) is 47.3 Å². The fraction of sp³-hybridized carbons (Fsp3) is 0.538. The number of methoxy groups -OCH3 is 1. The van der Waals surface area contributed by atoms with Crippen molar-refractivity contribution in [3.63, 3.8) is 0 Å². The van der Waals surface area contributed by atoms with Crippen LogP contribution in [0.1, 0.15) is 12.0 Å². The second-order valence-electron chi connectivity index (χ2n) is 4.52. The summed E-state index contributed by atoms with van der Waals surface area (Å²) in [7, 11) is 1.47. The van der Waals surface area contributed by atoms with Crippen molar-refractivity contribution in [3.8, 4) is 5.75 Å². The Kier molecular flexibility index (Phi) is 3.97. The smallest absolute Gasteiger partial charge is 0.165 e. The summed E-state index contributed by atoms with van der Waals surface area (Å²) in [5, 5.41) is 3.42. The fourth-order valence-corrected chi connectivity index (χ4v) is 2.43. The molecule has 1 aliphatic heterocycles. The second-order valence-corrected chi connectivity index (χ2v) is 4.52. The van der Waals surface area contributed by atoms with Gasteiger partial charge in [0, 0.05) is 6.04 Å². The normalized spacial score (nSPS) is 23.9. The lowest BCUT2D eigenvalue weighted by molar-refractivity contribution is 0.385. The Labute approximate surface area is 101 Å². The molecule has 1 aromatic carbocycles. The lowest BCUT2D eigenvalue weighted by Gasteiger charge is -2.18. The monoisotopic (exact) mass is 238 g/mol. The zero-order chi connectivity index (χ0) is 12.3. The van der Waals surface area contributed by atoms with Crippen molar-refractivity contribution in [2.45, 2.75) is 18.9 Å². The summed E-state index contributed by atoms with van der Waals surface area (Å²) < 4.78 is 18.4. The van der Waals surface area contributed by atoms with Gasteiger partial charge in [-0.05, 0) is 49.5 Å². The van der Waals surface area contributed by atoms with Gasteiger partial charge in [0.2, 0.25) is 0 Å². The number of nitrogens with one attached hydrogen (secondary N) is 1. The van der Waals surface area contributed by atoms with E-state index in [9.17, 15) is 4.39 Å². The van der Waals surface area contributed by atoms with Crippen molar-refractivity contribution in [3.05, 3.63) is 29.6 Å². The van der Waals surface area contributed by atoms with Crippen LogP contribution in [-0.4, -0.2) is 26.2 Å². The SMILES string of the molecule is COc1ccc(CC2NCCC2CN)cc1F. The molecule has 1 aliphatic rings. The van der Waals surface area contributed by atoms with Crippen molar-refractivity contribution in [1.29, 1.82) is 0 Å². The molecule has 0 aromatic heterocycles. The van der Waals surface area contributed by atoms with E-state index in [4.69, 9.17) is 10.5 Å². The first-order valence-corrected chi connectivity index (χ1v) is 6.00. The van der Waals surface area contributed by atoms with Crippen molar-refractivity contribution < 1.29 is 9.13 Å². The summed E-state index contributed by atoms with van der Waals surface area (Å²) in [5.41, 5.74) is 6.71. The number of ether oxygens (including phenoxy) is 1. The first-order chi connectivity index (χ1) is 8.24. The predicted octanol–water partition coefficient (Wildman–Crippen LogP) is 1.31. The van der Waals surface area contributed by atoms with Crippen LogP contribution in [0.15, 0.2) is 18.2 Å². The molecule has 0 saturated carbocycles. The lowest BCUT2D eigenvalue weighted by Crippen LogP contribution is -2.33. The predicted molar refractivity (Wildman–Crippen MR) is 65.6 cm³/mol. The first-order valence-electron chi connectivity index (χ1n) is 6.00. The van der Waals surface area contributed by atoms with Crippen molar-refractivity contribution >= 4 is 0 Å². The van der Waals surface area contributed by atoms with Crippen molar-refractivity contribution in [2.24, 2.45) is 11.7 Å². The third-order valence-electron chi connectivity index (χ3n) is 3.47. The molecule has 94 valence electrons. The van der Waals surface area contributed by atoms with Gasteiger partial charge in [0.05, 0.1) is 7.11 Å². The molecule has 1 fully saturated rings. The number of rotatable bonds is 4. The number of benzene rings is 1. The molecule has 0 aliphatic carbocycles. The van der Waals surface area contributed by atoms with E-state index in [2.05, 4.69) is 5.32 Å². The summed E-state index contributed by atoms with van der Waals surface area (Å²) >= 11 is 0. The van der Waals surface area contributed by atoms with Crippen LogP contribution in [0.2, 0.25) is 0 Å². The molecule has 17 heavy (non-hydrogen) atoms. The lowest BCUT2D eigenvalue weighted by atomic mass is 9.95. The number of hydrogen-bond donors (Lipinski definition) is 2. The molecular weight excluding hydrogens is 219 g/mol. The molecule has 0 spiro atoms. The number of nitrogens with two attached hydrogens (primary N) is 1. The quantitative estimate of drug-likeness (QED) is 0.831. The summed E-state index contributed by atoms with van der Waals surface area (Å²) in [6, 6.07) is 5.51. The number of halogens is 1. The van der Waals surface area contributed by atoms with E-state index in [0.29, 0.717) is 24.3 Å². The molecule has 3 N–H and O–H groups in total. The molecule has 1 heterocycles. The van der Waals surface area contributed by atoms with Gasteiger partial charge >= 0.3 is 0 Å². The highest BCUT2D eigenvalue weighted by Crippen LogP contribution is 2.22. The maximum Gasteiger partial charge on any atom is 0.165 e. The highest BCUT2D eigenvalue weighted by Gasteiger charge is 2.25. The molecule has 3 nitrogen and oxygen atoms in total. The average molecular weight is 238 g/mol. The minimum absolute atomic E-state index is 0.295. The Morgan fingerprint density at radius 1 is 1.53 bits per heavy atom. The molecule has 2 unspecified atom stereocenters. The maximum atomic E-state index is 13.5. The van der Waals surface area contributed by atoms with E-state index >= 15 is 0 Å². The average Bonchev–Trinajstić information content (AvgIpc) is 2.76. The maximum absolute atomic E-state index is 13.5. The van der Waals surface area contributed by atoms with Crippen molar-refractivity contribution in [1.82, 2.24) is 5.32 Å². The Bertz CT molecular complexity index is 384. The minimum Gasteiger partial charge on any atom is -0.494 e. The van der Waals surface area contributed by atoms with Crippen LogP contribution in [0.4, 0.5) is 4.39 Å². The Hall–Kier alpha value is -1.13. The van der Waals surface area contributed by atoms with E-state index in [1.165, 1.54) is 7.11 Å². The Morgan fingerprint density at radius 3 is 3.00 bits per heavy atom. The molecule has 0 radical (unpaired) electrons. The van der Waals surface area contributed by atoms with Gasteiger partial charge < -0.3 is 15.8 Å². The highest BCUT2D eigenvalue weighted by atomic mass is 19.1. The summed E-state index contributed by atoms with van der Waals surface area (Å²) in [5.74, 6) is 0.496. The molecule has 0 amide bonds. The minimum atomic E-state index is -0.299. The van der Waals surface area contributed by atoms with Gasteiger partial charge in [-0.3, -0.25) is 0 Å². The third-order valence-corrected chi connectivity index (χ3v) is 3.47.